The molecule has 15 heterocycles. The van der Waals surface area contributed by atoms with Gasteiger partial charge in [-0.1, -0.05) is 64.2 Å². The Morgan fingerprint density at radius 3 is 0.838 bits per heavy atom. The van der Waals surface area contributed by atoms with Crippen molar-refractivity contribution >= 4 is 151 Å². The second-order valence-corrected chi connectivity index (χ2v) is 51.8. The summed E-state index contributed by atoms with van der Waals surface area (Å²) in [4.78, 5) is 74.3. The van der Waals surface area contributed by atoms with Gasteiger partial charge in [0, 0.05) is 84.3 Å². The quantitative estimate of drug-likeness (QED) is 0.0193. The number of rotatable bonds is 21. The Balaban J connectivity index is 0.000000114. The SMILES string of the molecule is BrCCCCBr.CC[C@H]1CCc2sc3ncnc(Cl)c3c21.CC[C@H]1CCc2sc3ncnc(OC4CCC(N5CCCC5)CC4)c3c21.CC[C@H]1CCc2sc3ncnc(OC4CCC(N5CCCC5)CC4)c3c21.CO.NC1CCC(O)CC1.OC1CCC(N2CCCC2)CC1.OC[C@H]1CCc2sc3ncnc(OC4CCC(N5CCCC5)CC4)c3c21.[C-]#[N+]C[C@H]1CCc2sc3ncnc(OC4CCC(N5CCCC5)CC4)c3c21. The van der Waals surface area contributed by atoms with Crippen molar-refractivity contribution in [2.24, 2.45) is 5.73 Å². The van der Waals surface area contributed by atoms with Crippen molar-refractivity contribution in [3.8, 4) is 23.5 Å². The van der Waals surface area contributed by atoms with Crippen LogP contribution in [0.1, 0.15) is 385 Å². The zero-order chi connectivity index (χ0) is 102. The standard InChI is InChI=1S/C21H26N4OS.2C21H29N3OS.C20H27N3O2S.C11H11ClN2S.C10H19NO.C6H13NO.C4H8Br2.CH4O/c1-22-12-14-4-9-17-18(14)19-20(23-13-24-21(19)27-17)26-16-7-5-15(6-8-16)25-10-2-3-11-25;2*1-2-14-5-10-17-18(14)19-20(22-13-23-21(19)26-17)25-16-8-6-15(7-9-16)24-11-3-4-12-24;24-11-13-3-8-16-17(13)18-19(21-12-22-20(18)26-16)25-15-6-4-14(5-7-15)23-9-1-2-10-23;1-2-6-3-4-7-8(6)9-10(12)13-5-14-11(9)15-7;12-10-5-3-9(4-6-10)11-7-1-2-8-11;7-5-1-3-6(8)4-2-5;5-3-1-2-4-6;1-2/h13-16H,2-12H2;2*13-16H,2-12H2,1H3;12-15,24H,1-11H2;5-6H,2-4H2,1H3;9-10,12H,1-8H2;5-6,8H,1-4,7H2;1-4H2;2H,1H3/t3*14-,15?,16?;13-,14?,15?;6-;;;;/m10010..../s1. The number of hydrogen-bond acceptors (Lipinski definition) is 29. The number of aromatic nitrogens is 10. The molecule has 11 aliphatic carbocycles. The third kappa shape index (κ3) is 27.7. The van der Waals surface area contributed by atoms with E-state index in [1.165, 1.54) is 327 Å². The van der Waals surface area contributed by atoms with Crippen molar-refractivity contribution in [1.82, 2.24) is 74.3 Å². The molecule has 25 nitrogen and oxygen atoms in total. The third-order valence-corrected chi connectivity index (χ3v) is 42.6. The normalized spacial score (nSPS) is 28.3. The van der Waals surface area contributed by atoms with Crippen LogP contribution in [0.25, 0.3) is 55.9 Å². The summed E-state index contributed by atoms with van der Waals surface area (Å²) in [7, 11) is 1.00. The maximum Gasteiger partial charge on any atom is 0.225 e. The van der Waals surface area contributed by atoms with E-state index in [-0.39, 0.29) is 36.9 Å². The van der Waals surface area contributed by atoms with E-state index in [1.807, 2.05) is 22.7 Å². The Hall–Kier alpha value is -5.26. The van der Waals surface area contributed by atoms with Crippen LogP contribution in [0.4, 0.5) is 0 Å². The van der Waals surface area contributed by atoms with Crippen molar-refractivity contribution in [2.75, 3.05) is 96.4 Å². The van der Waals surface area contributed by atoms with Gasteiger partial charge in [-0.2, -0.15) is 0 Å². The number of alkyl halides is 2. The number of aliphatic hydroxyl groups excluding tert-OH is 4. The van der Waals surface area contributed by atoms with E-state index in [1.54, 1.807) is 65.6 Å². The van der Waals surface area contributed by atoms with Crippen molar-refractivity contribution in [3.63, 3.8) is 0 Å². The minimum Gasteiger partial charge on any atom is -0.474 e. The Kier molecular flexibility index (Phi) is 42.6. The van der Waals surface area contributed by atoms with E-state index in [9.17, 15) is 10.2 Å². The summed E-state index contributed by atoms with van der Waals surface area (Å²) in [5.74, 6) is 5.77. The van der Waals surface area contributed by atoms with Gasteiger partial charge < -0.3 is 74.5 Å². The van der Waals surface area contributed by atoms with Gasteiger partial charge in [0.05, 0.1) is 51.7 Å². The average Bonchev–Trinajstić information content (AvgIpc) is 1.61. The summed E-state index contributed by atoms with van der Waals surface area (Å²) in [6, 6.07) is 4.25. The summed E-state index contributed by atoms with van der Waals surface area (Å²) in [6.07, 6.45) is 68.4. The summed E-state index contributed by atoms with van der Waals surface area (Å²) in [5, 5.41) is 43.7. The van der Waals surface area contributed by atoms with Gasteiger partial charge in [-0.25, -0.2) is 56.4 Å². The highest BCUT2D eigenvalue weighted by molar-refractivity contribution is 9.09. The van der Waals surface area contributed by atoms with Gasteiger partial charge in [-0.3, -0.25) is 0 Å². The fourth-order valence-corrected chi connectivity index (χ4v) is 34.5. The summed E-state index contributed by atoms with van der Waals surface area (Å²) in [5.41, 5.74) is 12.6. The molecular formula is C115H166Br2ClN17O8S5. The van der Waals surface area contributed by atoms with Crippen LogP contribution in [0.2, 0.25) is 5.15 Å². The number of ether oxygens (including phenoxy) is 4. The zero-order valence-electron chi connectivity index (χ0n) is 88.6. The number of thiophene rings is 5. The molecule has 10 aromatic heterocycles. The van der Waals surface area contributed by atoms with Crippen LogP contribution in [-0.2, 0) is 32.1 Å². The van der Waals surface area contributed by atoms with Crippen LogP contribution in [0.5, 0.6) is 23.5 Å². The number of nitrogens with two attached hydrogens (primary N) is 1. The number of hydrogen-bond donors (Lipinski definition) is 5. The molecular weight excluding hydrogens is 2100 g/mol. The first-order valence-electron chi connectivity index (χ1n) is 57.7. The zero-order valence-corrected chi connectivity index (χ0v) is 96.6. The minimum atomic E-state index is -0.0604. The van der Waals surface area contributed by atoms with Crippen LogP contribution >= 0.6 is 100 Å². The molecule has 6 N–H and O–H groups in total. The molecule has 0 unspecified atom stereocenters. The van der Waals surface area contributed by atoms with Crippen molar-refractivity contribution in [3.05, 3.63) is 100 Å². The molecule has 0 bridgehead atoms. The maximum absolute atomic E-state index is 9.75. The van der Waals surface area contributed by atoms with Crippen LogP contribution in [0.15, 0.2) is 31.6 Å². The number of nitrogens with zero attached hydrogens (tertiary/aromatic N) is 16. The van der Waals surface area contributed by atoms with Crippen molar-refractivity contribution in [2.45, 2.75) is 438 Å². The molecule has 5 atom stereocenters. The van der Waals surface area contributed by atoms with E-state index in [0.29, 0.717) is 53.6 Å². The Labute approximate surface area is 921 Å². The van der Waals surface area contributed by atoms with E-state index in [4.69, 9.17) is 53.1 Å². The molecule has 0 radical (unpaired) electrons. The van der Waals surface area contributed by atoms with Gasteiger partial charge in [-0.15, -0.1) is 56.7 Å². The van der Waals surface area contributed by atoms with Crippen LogP contribution in [0, 0.1) is 6.57 Å². The van der Waals surface area contributed by atoms with E-state index < -0.39 is 0 Å². The average molecular weight is 2270 g/mol. The Morgan fingerprint density at radius 1 is 0.338 bits per heavy atom. The first-order valence-corrected chi connectivity index (χ1v) is 64.4. The molecule has 0 aromatic carbocycles. The molecule has 26 rings (SSSR count). The number of unbranched alkanes of at least 4 members (excludes halogenated alkanes) is 1. The fraction of sp³-hybridized carbons (Fsp3) is 0.730. The Morgan fingerprint density at radius 2 is 0.574 bits per heavy atom. The van der Waals surface area contributed by atoms with E-state index in [0.717, 1.165) is 227 Å². The lowest BCUT2D eigenvalue weighted by atomic mass is 9.92. The molecule has 16 aliphatic rings. The summed E-state index contributed by atoms with van der Waals surface area (Å²) >= 11 is 21.8. The molecule has 0 spiro atoms. The van der Waals surface area contributed by atoms with Gasteiger partial charge in [0.2, 0.25) is 30.1 Å². The number of aryl methyl sites for hydroxylation is 5. The highest BCUT2D eigenvalue weighted by Crippen LogP contribution is 2.54. The molecule has 33 heteroatoms. The molecule has 0 amide bonds. The fourth-order valence-electron chi connectivity index (χ4n) is 27.2. The largest absolute Gasteiger partial charge is 0.474 e. The highest BCUT2D eigenvalue weighted by atomic mass is 79.9. The van der Waals surface area contributed by atoms with Gasteiger partial charge in [0.1, 0.15) is 85.4 Å². The monoisotopic (exact) mass is 2270 g/mol. The third-order valence-electron chi connectivity index (χ3n) is 35.4. The maximum atomic E-state index is 9.75. The Bertz CT molecular complexity index is 5480. The number of fused-ring (bicyclic) bond motifs is 15. The van der Waals surface area contributed by atoms with E-state index in [2.05, 4.69) is 132 Å². The summed E-state index contributed by atoms with van der Waals surface area (Å²) < 4.78 is 25.8. The topological polar surface area (TPSA) is 293 Å². The van der Waals surface area contributed by atoms with Crippen LogP contribution in [-0.4, -0.2) is 264 Å². The molecule has 5 saturated heterocycles. The van der Waals surface area contributed by atoms with Crippen LogP contribution in [0.3, 0.4) is 0 Å². The lowest BCUT2D eigenvalue weighted by molar-refractivity contribution is 0.0836. The molecule has 810 valence electrons. The summed E-state index contributed by atoms with van der Waals surface area (Å²) in [6.45, 7) is 27.9. The van der Waals surface area contributed by atoms with Gasteiger partial charge >= 0.3 is 0 Å². The molecule has 148 heavy (non-hydrogen) atoms. The molecule has 6 saturated carbocycles. The number of aliphatic hydroxyl groups is 4. The van der Waals surface area contributed by atoms with Gasteiger partial charge in [-0.05, 0) is 426 Å². The molecule has 11 fully saturated rings. The van der Waals surface area contributed by atoms with Gasteiger partial charge in [0.25, 0.3) is 0 Å². The second kappa shape index (κ2) is 56.1. The van der Waals surface area contributed by atoms with E-state index >= 15 is 0 Å². The van der Waals surface area contributed by atoms with Crippen LogP contribution < -0.4 is 24.7 Å². The predicted molar refractivity (Wildman–Crippen MR) is 613 cm³/mol. The first-order chi connectivity index (χ1) is 72.7. The minimum absolute atomic E-state index is 0.00357. The lowest BCUT2D eigenvalue weighted by Gasteiger charge is -2.34. The molecule has 5 aliphatic heterocycles. The number of likely N-dealkylation sites (tertiary alicyclic amines) is 5. The van der Waals surface area contributed by atoms with Crippen molar-refractivity contribution in [1.29, 1.82) is 0 Å². The highest BCUT2D eigenvalue weighted by Gasteiger charge is 2.41. The molecule has 10 aromatic rings. The van der Waals surface area contributed by atoms with Crippen molar-refractivity contribution < 1.29 is 39.4 Å². The second-order valence-electron chi connectivity index (χ2n) is 44.4. The predicted octanol–water partition coefficient (Wildman–Crippen LogP) is 25.3. The first kappa shape index (κ1) is 112. The smallest absolute Gasteiger partial charge is 0.225 e. The lowest BCUT2D eigenvalue weighted by Crippen LogP contribution is -2.38. The number of halogens is 3. The van der Waals surface area contributed by atoms with Gasteiger partial charge in [0.15, 0.2) is 0 Å².